The lowest BCUT2D eigenvalue weighted by molar-refractivity contribution is 0.118. The van der Waals surface area contributed by atoms with Gasteiger partial charge in [-0.05, 0) is 112 Å². The molecule has 6 aromatic carbocycles. The number of hydrogen-bond donors (Lipinski definition) is 2. The highest BCUT2D eigenvalue weighted by atomic mass is 16.5. The molecule has 0 aliphatic heterocycles. The highest BCUT2D eigenvalue weighted by molar-refractivity contribution is 6.58. The third kappa shape index (κ3) is 11.6. The number of benzene rings is 6. The Morgan fingerprint density at radius 3 is 1.21 bits per heavy atom. The van der Waals surface area contributed by atoms with E-state index in [1.165, 1.54) is 55.6 Å². The van der Waals surface area contributed by atoms with E-state index < -0.39 is 7.12 Å². The zero-order chi connectivity index (χ0) is 35.8. The normalized spacial score (nSPS) is 11.1. The lowest BCUT2D eigenvalue weighted by Crippen LogP contribution is -2.29. The quantitative estimate of drug-likeness (QED) is 0.0659. The molecule has 0 heterocycles. The summed E-state index contributed by atoms with van der Waals surface area (Å²) in [6.07, 6.45) is 6.84. The molecule has 0 bridgehead atoms. The molecule has 0 aromatic heterocycles. The minimum Gasteiger partial charge on any atom is -0.423 e. The van der Waals surface area contributed by atoms with Crippen molar-refractivity contribution in [2.45, 2.75) is 58.2 Å². The number of hydrogen-bond acceptors (Lipinski definition) is 4. The van der Waals surface area contributed by atoms with Crippen LogP contribution >= 0.6 is 0 Å². The summed E-state index contributed by atoms with van der Waals surface area (Å²) in [5.74, 6) is 0. The van der Waals surface area contributed by atoms with Gasteiger partial charge >= 0.3 is 7.12 Å². The Balaban J connectivity index is 1.09. The summed E-state index contributed by atoms with van der Waals surface area (Å²) in [7, 11) is -1.43. The molecule has 0 spiro atoms. The Morgan fingerprint density at radius 2 is 0.769 bits per heavy atom. The summed E-state index contributed by atoms with van der Waals surface area (Å²) in [6.45, 7) is 2.81. The zero-order valence-electron chi connectivity index (χ0n) is 30.0. The van der Waals surface area contributed by atoms with Crippen molar-refractivity contribution in [2.24, 2.45) is 0 Å². The fraction of sp³-hybridized carbons (Fsp3) is 0.234. The Labute approximate surface area is 309 Å². The SMILES string of the molecule is OB(O)c1ccc(CCCc2cc(-c3ccc(CCCOCc4ccccc4)cc3)cc(-c3ccc(CCCOCc4ccccc4)cc3)c2)cc1. The maximum atomic E-state index is 9.44. The zero-order valence-corrected chi connectivity index (χ0v) is 30.0. The second-order valence-electron chi connectivity index (χ2n) is 13.6. The molecule has 0 saturated heterocycles. The van der Waals surface area contributed by atoms with Gasteiger partial charge in [0.1, 0.15) is 0 Å². The lowest BCUT2D eigenvalue weighted by atomic mass is 9.80. The van der Waals surface area contributed by atoms with Crippen LogP contribution in [0.25, 0.3) is 22.3 Å². The van der Waals surface area contributed by atoms with Crippen LogP contribution in [0.5, 0.6) is 0 Å². The van der Waals surface area contributed by atoms with Crippen LogP contribution in [0.4, 0.5) is 0 Å². The first-order valence-corrected chi connectivity index (χ1v) is 18.6. The maximum absolute atomic E-state index is 9.44. The molecular formula is C47H49BO4. The number of aryl methyl sites for hydroxylation is 4. The Hall–Kier alpha value is -4.78. The molecule has 0 radical (unpaired) electrons. The summed E-state index contributed by atoms with van der Waals surface area (Å²) in [6, 6.07) is 53.3. The highest BCUT2D eigenvalue weighted by Gasteiger charge is 2.11. The smallest absolute Gasteiger partial charge is 0.423 e. The maximum Gasteiger partial charge on any atom is 0.488 e. The molecule has 264 valence electrons. The van der Waals surface area contributed by atoms with Gasteiger partial charge in [0.15, 0.2) is 0 Å². The van der Waals surface area contributed by atoms with Crippen LogP contribution in [0.2, 0.25) is 0 Å². The molecule has 0 fully saturated rings. The fourth-order valence-corrected chi connectivity index (χ4v) is 6.54. The van der Waals surface area contributed by atoms with Gasteiger partial charge in [-0.25, -0.2) is 0 Å². The second-order valence-corrected chi connectivity index (χ2v) is 13.6. The Kier molecular flexibility index (Phi) is 14.0. The molecule has 0 saturated carbocycles. The van der Waals surface area contributed by atoms with Crippen molar-refractivity contribution in [3.63, 3.8) is 0 Å². The van der Waals surface area contributed by atoms with E-state index in [0.29, 0.717) is 18.7 Å². The number of rotatable bonds is 19. The minimum atomic E-state index is -1.43. The van der Waals surface area contributed by atoms with E-state index >= 15 is 0 Å². The van der Waals surface area contributed by atoms with Crippen LogP contribution in [0.1, 0.15) is 52.6 Å². The van der Waals surface area contributed by atoms with Crippen LogP contribution in [-0.4, -0.2) is 30.4 Å². The van der Waals surface area contributed by atoms with E-state index in [2.05, 4.69) is 91.0 Å². The molecule has 0 aliphatic rings. The van der Waals surface area contributed by atoms with E-state index in [9.17, 15) is 10.0 Å². The van der Waals surface area contributed by atoms with Gasteiger partial charge in [-0.3, -0.25) is 0 Å². The van der Waals surface area contributed by atoms with E-state index in [1.807, 2.05) is 48.5 Å². The Morgan fingerprint density at radius 1 is 0.365 bits per heavy atom. The average Bonchev–Trinajstić information content (AvgIpc) is 3.19. The van der Waals surface area contributed by atoms with Gasteiger partial charge in [0.25, 0.3) is 0 Å². The highest BCUT2D eigenvalue weighted by Crippen LogP contribution is 2.30. The molecule has 2 N–H and O–H groups in total. The largest absolute Gasteiger partial charge is 0.488 e. The van der Waals surface area contributed by atoms with Crippen LogP contribution in [0.15, 0.2) is 152 Å². The topological polar surface area (TPSA) is 58.9 Å². The van der Waals surface area contributed by atoms with Crippen molar-refractivity contribution >= 4 is 12.6 Å². The monoisotopic (exact) mass is 688 g/mol. The molecule has 4 nitrogen and oxygen atoms in total. The van der Waals surface area contributed by atoms with Gasteiger partial charge in [0, 0.05) is 13.2 Å². The first-order chi connectivity index (χ1) is 25.6. The van der Waals surface area contributed by atoms with Crippen LogP contribution in [0.3, 0.4) is 0 Å². The van der Waals surface area contributed by atoms with Crippen molar-refractivity contribution in [1.29, 1.82) is 0 Å². The molecule has 0 amide bonds. The molecule has 6 aromatic rings. The summed E-state index contributed by atoms with van der Waals surface area (Å²) < 4.78 is 11.8. The minimum absolute atomic E-state index is 0.519. The molecule has 52 heavy (non-hydrogen) atoms. The first kappa shape index (κ1) is 37.0. The van der Waals surface area contributed by atoms with Gasteiger partial charge in [0.05, 0.1) is 13.2 Å². The van der Waals surface area contributed by atoms with Gasteiger partial charge in [-0.15, -0.1) is 0 Å². The summed E-state index contributed by atoms with van der Waals surface area (Å²) in [5.41, 5.74) is 13.0. The van der Waals surface area contributed by atoms with Crippen molar-refractivity contribution in [3.8, 4) is 22.3 Å². The first-order valence-electron chi connectivity index (χ1n) is 18.6. The second kappa shape index (κ2) is 19.7. The van der Waals surface area contributed by atoms with E-state index in [0.717, 1.165) is 58.2 Å². The van der Waals surface area contributed by atoms with Crippen molar-refractivity contribution in [2.75, 3.05) is 13.2 Å². The molecule has 0 unspecified atom stereocenters. The van der Waals surface area contributed by atoms with Crippen molar-refractivity contribution in [3.05, 3.63) is 185 Å². The molecule has 5 heteroatoms. The van der Waals surface area contributed by atoms with Crippen LogP contribution in [-0.2, 0) is 48.4 Å². The van der Waals surface area contributed by atoms with Gasteiger partial charge in [-0.1, -0.05) is 146 Å². The predicted octanol–water partition coefficient (Wildman–Crippen LogP) is 9.17. The van der Waals surface area contributed by atoms with E-state index in [1.54, 1.807) is 12.1 Å². The summed E-state index contributed by atoms with van der Waals surface area (Å²) in [4.78, 5) is 0. The Bertz CT molecular complexity index is 1800. The molecule has 0 aliphatic carbocycles. The lowest BCUT2D eigenvalue weighted by Gasteiger charge is -2.13. The number of ether oxygens (including phenoxy) is 2. The predicted molar refractivity (Wildman–Crippen MR) is 214 cm³/mol. The third-order valence-corrected chi connectivity index (χ3v) is 9.51. The van der Waals surface area contributed by atoms with Crippen molar-refractivity contribution in [1.82, 2.24) is 0 Å². The van der Waals surface area contributed by atoms with Gasteiger partial charge < -0.3 is 19.5 Å². The van der Waals surface area contributed by atoms with Crippen molar-refractivity contribution < 1.29 is 19.5 Å². The molecule has 6 rings (SSSR count). The van der Waals surface area contributed by atoms with Gasteiger partial charge in [0.2, 0.25) is 0 Å². The van der Waals surface area contributed by atoms with Gasteiger partial charge in [-0.2, -0.15) is 0 Å². The standard InChI is InChI=1S/C47H49BO4/c49-48(50)47-28-22-37(23-29-47)14-7-15-42-32-45(43-24-18-38(19-25-43)16-8-30-51-35-40-10-3-1-4-11-40)34-46(33-42)44-26-20-39(21-27-44)17-9-31-52-36-41-12-5-2-6-13-41/h1-6,10-13,18-29,32-34,49-50H,7-9,14-17,30-31,35-36H2. The molecular weight excluding hydrogens is 639 g/mol. The average molecular weight is 689 g/mol. The van der Waals surface area contributed by atoms with E-state index in [-0.39, 0.29) is 0 Å². The van der Waals surface area contributed by atoms with Crippen LogP contribution in [0, 0.1) is 0 Å². The molecule has 0 atom stereocenters. The van der Waals surface area contributed by atoms with E-state index in [4.69, 9.17) is 9.47 Å². The summed E-state index contributed by atoms with van der Waals surface area (Å²) in [5, 5.41) is 18.9. The van der Waals surface area contributed by atoms with Crippen LogP contribution < -0.4 is 5.46 Å². The summed E-state index contributed by atoms with van der Waals surface area (Å²) >= 11 is 0. The third-order valence-electron chi connectivity index (χ3n) is 9.51. The fourth-order valence-electron chi connectivity index (χ4n) is 6.54.